The number of halogens is 1. The first-order valence-corrected chi connectivity index (χ1v) is 6.61. The van der Waals surface area contributed by atoms with E-state index in [9.17, 15) is 0 Å². The second kappa shape index (κ2) is 5.17. The molecule has 4 heteroatoms. The van der Waals surface area contributed by atoms with Crippen LogP contribution in [0.5, 0.6) is 0 Å². The lowest BCUT2D eigenvalue weighted by atomic mass is 10.1. The Kier molecular flexibility index (Phi) is 3.82. The van der Waals surface area contributed by atoms with Gasteiger partial charge in [-0.05, 0) is 17.7 Å². The van der Waals surface area contributed by atoms with Gasteiger partial charge in [0, 0.05) is 19.1 Å². The van der Waals surface area contributed by atoms with Gasteiger partial charge in [-0.3, -0.25) is 0 Å². The Bertz CT molecular complexity index is 507. The second-order valence-electron chi connectivity index (χ2n) is 3.94. The van der Waals surface area contributed by atoms with Crippen molar-refractivity contribution in [2.75, 3.05) is 7.11 Å². The largest absolute Gasteiger partial charge is 0.365 e. The Hall–Kier alpha value is -0.900. The van der Waals surface area contributed by atoms with Gasteiger partial charge in [0.15, 0.2) is 11.8 Å². The van der Waals surface area contributed by atoms with Gasteiger partial charge < -0.3 is 4.74 Å². The van der Waals surface area contributed by atoms with Crippen LogP contribution in [0, 0.1) is 6.92 Å². The standard InChI is InChI=1S/C13H15ClNOS/c1-9-8-17-13(15(9)2)12(16-3)10-4-6-11(14)7-5-10/h4-8,12H,1-3H3/q+1. The van der Waals surface area contributed by atoms with E-state index < -0.39 is 0 Å². The van der Waals surface area contributed by atoms with Crippen molar-refractivity contribution >= 4 is 22.9 Å². The lowest BCUT2D eigenvalue weighted by molar-refractivity contribution is -0.682. The van der Waals surface area contributed by atoms with Gasteiger partial charge in [0.1, 0.15) is 7.05 Å². The predicted molar refractivity (Wildman–Crippen MR) is 70.5 cm³/mol. The molecular weight excluding hydrogens is 254 g/mol. The van der Waals surface area contributed by atoms with Crippen molar-refractivity contribution in [3.63, 3.8) is 0 Å². The van der Waals surface area contributed by atoms with E-state index in [-0.39, 0.29) is 6.10 Å². The summed E-state index contributed by atoms with van der Waals surface area (Å²) in [6.07, 6.45) is -0.0315. The summed E-state index contributed by atoms with van der Waals surface area (Å²) >= 11 is 7.61. The topological polar surface area (TPSA) is 13.1 Å². The molecule has 0 spiro atoms. The summed E-state index contributed by atoms with van der Waals surface area (Å²) in [6, 6.07) is 7.80. The van der Waals surface area contributed by atoms with E-state index in [1.165, 1.54) is 10.7 Å². The maximum Gasteiger partial charge on any atom is 0.271 e. The number of aryl methyl sites for hydroxylation is 1. The van der Waals surface area contributed by atoms with Crippen LogP contribution >= 0.6 is 22.9 Å². The fourth-order valence-electron chi connectivity index (χ4n) is 1.73. The van der Waals surface area contributed by atoms with Crippen LogP contribution in [0.1, 0.15) is 22.4 Å². The first kappa shape index (κ1) is 12.6. The van der Waals surface area contributed by atoms with Gasteiger partial charge in [-0.2, -0.15) is 4.57 Å². The highest BCUT2D eigenvalue weighted by Crippen LogP contribution is 2.27. The monoisotopic (exact) mass is 268 g/mol. The number of rotatable bonds is 3. The molecule has 1 heterocycles. The Labute approximate surface area is 110 Å². The van der Waals surface area contributed by atoms with Crippen molar-refractivity contribution in [3.05, 3.63) is 50.9 Å². The van der Waals surface area contributed by atoms with Gasteiger partial charge in [0.05, 0.1) is 5.38 Å². The number of methoxy groups -OCH3 is 1. The van der Waals surface area contributed by atoms with Gasteiger partial charge in [0.25, 0.3) is 5.01 Å². The zero-order valence-electron chi connectivity index (χ0n) is 10.1. The minimum absolute atomic E-state index is 0.0315. The molecule has 0 aliphatic rings. The summed E-state index contributed by atoms with van der Waals surface area (Å²) in [6.45, 7) is 2.09. The van der Waals surface area contributed by atoms with Gasteiger partial charge in [-0.25, -0.2) is 0 Å². The van der Waals surface area contributed by atoms with Crippen molar-refractivity contribution in [1.82, 2.24) is 0 Å². The Balaban J connectivity index is 2.40. The van der Waals surface area contributed by atoms with Crippen molar-refractivity contribution in [2.24, 2.45) is 7.05 Å². The highest BCUT2D eigenvalue weighted by Gasteiger charge is 2.25. The average Bonchev–Trinajstić information content (AvgIpc) is 2.65. The molecular formula is C13H15ClNOS+. The quantitative estimate of drug-likeness (QED) is 0.779. The van der Waals surface area contributed by atoms with Crippen LogP contribution in [0.15, 0.2) is 29.6 Å². The summed E-state index contributed by atoms with van der Waals surface area (Å²) in [5.74, 6) is 0. The van der Waals surface area contributed by atoms with E-state index in [4.69, 9.17) is 16.3 Å². The summed E-state index contributed by atoms with van der Waals surface area (Å²) in [5.41, 5.74) is 2.36. The minimum Gasteiger partial charge on any atom is -0.365 e. The number of hydrogen-bond donors (Lipinski definition) is 0. The zero-order valence-corrected chi connectivity index (χ0v) is 11.7. The second-order valence-corrected chi connectivity index (χ2v) is 5.27. The molecule has 1 aromatic carbocycles. The van der Waals surface area contributed by atoms with Gasteiger partial charge in [-0.1, -0.05) is 35.1 Å². The number of aromatic nitrogens is 1. The molecule has 0 N–H and O–H groups in total. The van der Waals surface area contributed by atoms with Crippen LogP contribution in [0.3, 0.4) is 0 Å². The van der Waals surface area contributed by atoms with Crippen LogP contribution in [-0.2, 0) is 11.8 Å². The molecule has 0 fully saturated rings. The molecule has 0 bridgehead atoms. The SMILES string of the molecule is COC(c1ccc(Cl)cc1)c1scc(C)[n+]1C. The number of nitrogens with zero attached hydrogens (tertiary/aromatic N) is 1. The third-order valence-corrected chi connectivity index (χ3v) is 4.28. The Morgan fingerprint density at radius 1 is 1.29 bits per heavy atom. The lowest BCUT2D eigenvalue weighted by Crippen LogP contribution is -2.35. The van der Waals surface area contributed by atoms with E-state index in [0.29, 0.717) is 0 Å². The van der Waals surface area contributed by atoms with Crippen LogP contribution < -0.4 is 4.57 Å². The number of benzene rings is 1. The smallest absolute Gasteiger partial charge is 0.271 e. The van der Waals surface area contributed by atoms with E-state index in [1.807, 2.05) is 24.3 Å². The molecule has 1 atom stereocenters. The first-order chi connectivity index (χ1) is 8.13. The van der Waals surface area contributed by atoms with Crippen LogP contribution in [-0.4, -0.2) is 7.11 Å². The van der Waals surface area contributed by atoms with Gasteiger partial charge in [0.2, 0.25) is 0 Å². The Morgan fingerprint density at radius 2 is 1.94 bits per heavy atom. The molecule has 1 unspecified atom stereocenters. The van der Waals surface area contributed by atoms with Crippen molar-refractivity contribution in [1.29, 1.82) is 0 Å². The van der Waals surface area contributed by atoms with Crippen molar-refractivity contribution in [3.8, 4) is 0 Å². The molecule has 17 heavy (non-hydrogen) atoms. The average molecular weight is 269 g/mol. The van der Waals surface area contributed by atoms with Crippen LogP contribution in [0.25, 0.3) is 0 Å². The molecule has 1 aromatic heterocycles. The highest BCUT2D eigenvalue weighted by molar-refractivity contribution is 7.09. The van der Waals surface area contributed by atoms with Crippen LogP contribution in [0.2, 0.25) is 5.02 Å². The predicted octanol–water partition coefficient (Wildman–Crippen LogP) is 3.27. The van der Waals surface area contributed by atoms with Crippen molar-refractivity contribution < 1.29 is 9.30 Å². The van der Waals surface area contributed by atoms with E-state index >= 15 is 0 Å². The molecule has 0 aliphatic heterocycles. The molecule has 0 amide bonds. The third kappa shape index (κ3) is 2.51. The van der Waals surface area contributed by atoms with Gasteiger partial charge >= 0.3 is 0 Å². The number of hydrogen-bond acceptors (Lipinski definition) is 2. The van der Waals surface area contributed by atoms with E-state index in [2.05, 4.69) is 23.9 Å². The fourth-order valence-corrected chi connectivity index (χ4v) is 2.97. The summed E-state index contributed by atoms with van der Waals surface area (Å²) in [7, 11) is 3.79. The van der Waals surface area contributed by atoms with E-state index in [0.717, 1.165) is 10.6 Å². The molecule has 0 aliphatic carbocycles. The number of ether oxygens (including phenoxy) is 1. The summed E-state index contributed by atoms with van der Waals surface area (Å²) in [5, 5.41) is 4.07. The summed E-state index contributed by atoms with van der Waals surface area (Å²) in [4.78, 5) is 0. The number of thiazole rings is 1. The molecule has 0 saturated heterocycles. The van der Waals surface area contributed by atoms with Crippen molar-refractivity contribution in [2.45, 2.75) is 13.0 Å². The van der Waals surface area contributed by atoms with Crippen LogP contribution in [0.4, 0.5) is 0 Å². The molecule has 0 saturated carbocycles. The molecule has 90 valence electrons. The summed E-state index contributed by atoms with van der Waals surface area (Å²) < 4.78 is 7.76. The third-order valence-electron chi connectivity index (χ3n) is 2.84. The normalized spacial score (nSPS) is 12.7. The molecule has 2 aromatic rings. The maximum absolute atomic E-state index is 5.90. The zero-order chi connectivity index (χ0) is 12.4. The minimum atomic E-state index is -0.0315. The first-order valence-electron chi connectivity index (χ1n) is 5.35. The molecule has 2 nitrogen and oxygen atoms in total. The molecule has 2 rings (SSSR count). The van der Waals surface area contributed by atoms with Gasteiger partial charge in [-0.15, -0.1) is 0 Å². The van der Waals surface area contributed by atoms with E-state index in [1.54, 1.807) is 18.4 Å². The Morgan fingerprint density at radius 3 is 2.41 bits per heavy atom. The fraction of sp³-hybridized carbons (Fsp3) is 0.308. The highest BCUT2D eigenvalue weighted by atomic mass is 35.5. The molecule has 0 radical (unpaired) electrons. The lowest BCUT2D eigenvalue weighted by Gasteiger charge is -2.11. The maximum atomic E-state index is 5.90.